The molecule has 0 saturated heterocycles. The zero-order valence-corrected chi connectivity index (χ0v) is 6.49. The molecule has 1 rings (SSSR count). The topological polar surface area (TPSA) is 20.2 Å². The Balaban J connectivity index is 1.96. The second-order valence-electron chi connectivity index (χ2n) is 2.68. The molecule has 0 aromatic heterocycles. The van der Waals surface area contributed by atoms with Gasteiger partial charge in [-0.15, -0.1) is 0 Å². The summed E-state index contributed by atoms with van der Waals surface area (Å²) < 4.78 is 0. The van der Waals surface area contributed by atoms with E-state index in [0.717, 1.165) is 11.7 Å². The summed E-state index contributed by atoms with van der Waals surface area (Å²) in [6, 6.07) is 0. The van der Waals surface area contributed by atoms with Gasteiger partial charge in [-0.05, 0) is 18.1 Å². The van der Waals surface area contributed by atoms with Gasteiger partial charge in [0.2, 0.25) is 0 Å². The highest BCUT2D eigenvalue weighted by Gasteiger charge is 2.20. The number of aliphatic hydroxyl groups is 1. The van der Waals surface area contributed by atoms with Gasteiger partial charge >= 0.3 is 0 Å². The summed E-state index contributed by atoms with van der Waals surface area (Å²) in [4.78, 5) is 0. The number of aliphatic hydroxyl groups excluding tert-OH is 1. The predicted molar refractivity (Wildman–Crippen MR) is 44.0 cm³/mol. The maximum atomic E-state index is 8.62. The van der Waals surface area contributed by atoms with Crippen LogP contribution < -0.4 is 0 Å². The standard InChI is InChI=1S/C7H14OS/c1-9(6-8)5-4-7-2-3-7/h7-8H,1-6H2. The van der Waals surface area contributed by atoms with Gasteiger partial charge in [0.05, 0.1) is 5.94 Å². The van der Waals surface area contributed by atoms with Crippen LogP contribution in [0.2, 0.25) is 0 Å². The third-order valence-electron chi connectivity index (χ3n) is 1.69. The van der Waals surface area contributed by atoms with Gasteiger partial charge in [0.25, 0.3) is 0 Å². The van der Waals surface area contributed by atoms with Crippen molar-refractivity contribution in [1.29, 1.82) is 0 Å². The predicted octanol–water partition coefficient (Wildman–Crippen LogP) is 1.44. The number of hydrogen-bond donors (Lipinski definition) is 1. The Kier molecular flexibility index (Phi) is 2.73. The summed E-state index contributed by atoms with van der Waals surface area (Å²) in [6.45, 7) is 0. The van der Waals surface area contributed by atoms with Crippen molar-refractivity contribution in [2.24, 2.45) is 5.92 Å². The van der Waals surface area contributed by atoms with Crippen molar-refractivity contribution in [3.63, 3.8) is 0 Å². The van der Waals surface area contributed by atoms with Crippen molar-refractivity contribution in [2.75, 3.05) is 11.7 Å². The molecule has 1 nitrogen and oxygen atoms in total. The van der Waals surface area contributed by atoms with Crippen molar-refractivity contribution in [2.45, 2.75) is 19.3 Å². The Morgan fingerprint density at radius 1 is 1.56 bits per heavy atom. The largest absolute Gasteiger partial charge is 0.386 e. The average molecular weight is 146 g/mol. The van der Waals surface area contributed by atoms with Gasteiger partial charge in [0.15, 0.2) is 0 Å². The monoisotopic (exact) mass is 146 g/mol. The summed E-state index contributed by atoms with van der Waals surface area (Å²) in [5.74, 6) is 6.25. The fraction of sp³-hybridized carbons (Fsp3) is 0.857. The quantitative estimate of drug-likeness (QED) is 0.595. The maximum absolute atomic E-state index is 8.62. The van der Waals surface area contributed by atoms with Crippen LogP contribution in [0.25, 0.3) is 0 Å². The molecule has 1 fully saturated rings. The summed E-state index contributed by atoms with van der Waals surface area (Å²) in [7, 11) is 0.0480. The van der Waals surface area contributed by atoms with Crippen LogP contribution in [0.1, 0.15) is 19.3 Å². The molecule has 2 heteroatoms. The molecule has 1 saturated carbocycles. The van der Waals surface area contributed by atoms with Crippen LogP contribution in [0.15, 0.2) is 0 Å². The minimum atomic E-state index is 0.0480. The van der Waals surface area contributed by atoms with Gasteiger partial charge in [0.1, 0.15) is 0 Å². The van der Waals surface area contributed by atoms with Crippen LogP contribution in [-0.2, 0) is 0 Å². The highest BCUT2D eigenvalue weighted by Crippen LogP contribution is 2.33. The number of hydrogen-bond acceptors (Lipinski definition) is 1. The molecule has 1 unspecified atom stereocenters. The lowest BCUT2D eigenvalue weighted by atomic mass is 10.3. The second kappa shape index (κ2) is 3.37. The van der Waals surface area contributed by atoms with Crippen LogP contribution in [0.4, 0.5) is 0 Å². The molecule has 0 bridgehead atoms. The Labute approximate surface area is 59.0 Å². The van der Waals surface area contributed by atoms with Crippen molar-refractivity contribution in [3.8, 4) is 0 Å². The molecular formula is C7H14OS. The van der Waals surface area contributed by atoms with E-state index >= 15 is 0 Å². The lowest BCUT2D eigenvalue weighted by Gasteiger charge is -2.00. The first kappa shape index (κ1) is 7.29. The molecule has 0 amide bonds. The van der Waals surface area contributed by atoms with Crippen LogP contribution in [0.5, 0.6) is 0 Å². The van der Waals surface area contributed by atoms with E-state index in [1.165, 1.54) is 19.3 Å². The van der Waals surface area contributed by atoms with Crippen LogP contribution in [0, 0.1) is 5.92 Å². The smallest absolute Gasteiger partial charge is 0.0833 e. The van der Waals surface area contributed by atoms with E-state index in [1.54, 1.807) is 0 Å². The first-order valence-corrected chi connectivity index (χ1v) is 5.14. The molecule has 0 aliphatic heterocycles. The third kappa shape index (κ3) is 3.01. The summed E-state index contributed by atoms with van der Waals surface area (Å²) in [5.41, 5.74) is 0. The molecule has 1 N–H and O–H groups in total. The Bertz CT molecular complexity index is 107. The van der Waals surface area contributed by atoms with Crippen LogP contribution >= 0.6 is 10.5 Å². The van der Waals surface area contributed by atoms with E-state index in [4.69, 9.17) is 5.11 Å². The first-order valence-electron chi connectivity index (χ1n) is 3.41. The molecule has 1 aliphatic carbocycles. The molecule has 0 radical (unpaired) electrons. The zero-order valence-electron chi connectivity index (χ0n) is 5.68. The van der Waals surface area contributed by atoms with Gasteiger partial charge < -0.3 is 5.11 Å². The zero-order chi connectivity index (χ0) is 6.69. The molecule has 1 atom stereocenters. The lowest BCUT2D eigenvalue weighted by Crippen LogP contribution is -1.87. The SMILES string of the molecule is C=S(CO)CCC1CC1. The third-order valence-corrected chi connectivity index (χ3v) is 2.87. The van der Waals surface area contributed by atoms with E-state index in [2.05, 4.69) is 5.87 Å². The summed E-state index contributed by atoms with van der Waals surface area (Å²) in [5, 5.41) is 8.62. The van der Waals surface area contributed by atoms with E-state index in [9.17, 15) is 0 Å². The Morgan fingerprint density at radius 2 is 2.22 bits per heavy atom. The van der Waals surface area contributed by atoms with E-state index in [1.807, 2.05) is 0 Å². The van der Waals surface area contributed by atoms with Crippen molar-refractivity contribution < 1.29 is 5.11 Å². The molecule has 0 aromatic carbocycles. The molecular weight excluding hydrogens is 132 g/mol. The Hall–Kier alpha value is 0.180. The van der Waals surface area contributed by atoms with E-state index in [0.29, 0.717) is 0 Å². The van der Waals surface area contributed by atoms with Gasteiger partial charge in [-0.3, -0.25) is 0 Å². The van der Waals surface area contributed by atoms with Crippen LogP contribution in [-0.4, -0.2) is 22.7 Å². The summed E-state index contributed by atoms with van der Waals surface area (Å²) in [6.07, 6.45) is 4.14. The van der Waals surface area contributed by atoms with E-state index < -0.39 is 0 Å². The fourth-order valence-electron chi connectivity index (χ4n) is 0.804. The highest BCUT2D eigenvalue weighted by molar-refractivity contribution is 8.13. The molecule has 0 spiro atoms. The summed E-state index contributed by atoms with van der Waals surface area (Å²) >= 11 is 0. The number of rotatable bonds is 4. The lowest BCUT2D eigenvalue weighted by molar-refractivity contribution is 0.374. The van der Waals surface area contributed by atoms with Gasteiger partial charge in [0, 0.05) is 0 Å². The minimum Gasteiger partial charge on any atom is -0.386 e. The molecule has 1 aliphatic rings. The van der Waals surface area contributed by atoms with Crippen LogP contribution in [0.3, 0.4) is 0 Å². The average Bonchev–Trinajstić information content (AvgIpc) is 2.65. The maximum Gasteiger partial charge on any atom is 0.0833 e. The van der Waals surface area contributed by atoms with E-state index in [-0.39, 0.29) is 16.4 Å². The minimum absolute atomic E-state index is 0.0480. The molecule has 0 aromatic rings. The van der Waals surface area contributed by atoms with Crippen molar-refractivity contribution >= 4 is 16.4 Å². The second-order valence-corrected chi connectivity index (χ2v) is 4.57. The van der Waals surface area contributed by atoms with Gasteiger partial charge in [-0.1, -0.05) is 18.7 Å². The fourth-order valence-corrected chi connectivity index (χ4v) is 1.60. The van der Waals surface area contributed by atoms with Crippen molar-refractivity contribution in [1.82, 2.24) is 0 Å². The van der Waals surface area contributed by atoms with Gasteiger partial charge in [-0.2, -0.15) is 10.5 Å². The normalized spacial score (nSPS) is 21.9. The molecule has 9 heavy (non-hydrogen) atoms. The molecule has 54 valence electrons. The van der Waals surface area contributed by atoms with Gasteiger partial charge in [-0.25, -0.2) is 0 Å². The highest BCUT2D eigenvalue weighted by atomic mass is 32.2. The first-order chi connectivity index (χ1) is 4.33. The molecule has 0 heterocycles. The Morgan fingerprint density at radius 3 is 2.67 bits per heavy atom. The van der Waals surface area contributed by atoms with Crippen molar-refractivity contribution in [3.05, 3.63) is 0 Å².